The van der Waals surface area contributed by atoms with E-state index in [2.05, 4.69) is 28.2 Å². The van der Waals surface area contributed by atoms with Crippen LogP contribution in [0.2, 0.25) is 10.0 Å². The molecular weight excluding hydrogens is 337 g/mol. The molecule has 0 aliphatic heterocycles. The first-order valence-electron chi connectivity index (χ1n) is 5.86. The molecule has 0 spiro atoms. The average molecular weight is 353 g/mol. The normalized spacial score (nSPS) is 12.2. The SMILES string of the molecule is CCC(CCBr)NC(=O)Cc1ccc(Cl)c(Cl)c1. The summed E-state index contributed by atoms with van der Waals surface area (Å²) >= 11 is 15.1. The Morgan fingerprint density at radius 3 is 2.67 bits per heavy atom. The van der Waals surface area contributed by atoms with E-state index in [1.54, 1.807) is 12.1 Å². The molecule has 1 amide bonds. The lowest BCUT2D eigenvalue weighted by molar-refractivity contribution is -0.121. The number of amides is 1. The van der Waals surface area contributed by atoms with Crippen molar-refractivity contribution >= 4 is 45.0 Å². The van der Waals surface area contributed by atoms with Crippen LogP contribution in [0, 0.1) is 0 Å². The van der Waals surface area contributed by atoms with Gasteiger partial charge in [-0.3, -0.25) is 4.79 Å². The minimum absolute atomic E-state index is 0.0150. The Morgan fingerprint density at radius 1 is 1.39 bits per heavy atom. The van der Waals surface area contributed by atoms with Crippen LogP contribution in [0.25, 0.3) is 0 Å². The molecule has 1 unspecified atom stereocenters. The zero-order valence-corrected chi connectivity index (χ0v) is 13.3. The van der Waals surface area contributed by atoms with Crippen LogP contribution in [0.5, 0.6) is 0 Å². The molecule has 1 rings (SSSR count). The van der Waals surface area contributed by atoms with Gasteiger partial charge in [-0.1, -0.05) is 52.1 Å². The molecule has 1 aromatic carbocycles. The first-order valence-corrected chi connectivity index (χ1v) is 7.73. The van der Waals surface area contributed by atoms with Gasteiger partial charge in [0.05, 0.1) is 16.5 Å². The number of halogens is 3. The summed E-state index contributed by atoms with van der Waals surface area (Å²) in [5.74, 6) is 0.0150. The van der Waals surface area contributed by atoms with Crippen molar-refractivity contribution in [2.75, 3.05) is 5.33 Å². The maximum absolute atomic E-state index is 11.9. The van der Waals surface area contributed by atoms with Crippen LogP contribution in [-0.2, 0) is 11.2 Å². The summed E-state index contributed by atoms with van der Waals surface area (Å²) in [6, 6.07) is 5.48. The Kier molecular flexibility index (Phi) is 7.05. The summed E-state index contributed by atoms with van der Waals surface area (Å²) in [5.41, 5.74) is 0.871. The first kappa shape index (κ1) is 15.8. The molecule has 1 aromatic rings. The third-order valence-electron chi connectivity index (χ3n) is 2.66. The molecule has 5 heteroatoms. The van der Waals surface area contributed by atoms with Gasteiger partial charge in [0.1, 0.15) is 0 Å². The van der Waals surface area contributed by atoms with Crippen LogP contribution < -0.4 is 5.32 Å². The van der Waals surface area contributed by atoms with Crippen LogP contribution in [0.3, 0.4) is 0 Å². The van der Waals surface area contributed by atoms with E-state index in [0.29, 0.717) is 16.5 Å². The second kappa shape index (κ2) is 8.03. The van der Waals surface area contributed by atoms with E-state index < -0.39 is 0 Å². The number of rotatable bonds is 6. The summed E-state index contributed by atoms with van der Waals surface area (Å²) in [7, 11) is 0. The van der Waals surface area contributed by atoms with Gasteiger partial charge < -0.3 is 5.32 Å². The average Bonchev–Trinajstić information content (AvgIpc) is 2.33. The highest BCUT2D eigenvalue weighted by atomic mass is 79.9. The summed E-state index contributed by atoms with van der Waals surface area (Å²) in [5, 5.41) is 4.88. The molecular formula is C13H16BrCl2NO. The minimum Gasteiger partial charge on any atom is -0.353 e. The van der Waals surface area contributed by atoms with E-state index in [1.807, 2.05) is 6.07 Å². The van der Waals surface area contributed by atoms with Crippen LogP contribution in [0.4, 0.5) is 0 Å². The van der Waals surface area contributed by atoms with Crippen LogP contribution in [0.1, 0.15) is 25.3 Å². The molecule has 1 atom stereocenters. The van der Waals surface area contributed by atoms with Crippen molar-refractivity contribution in [2.24, 2.45) is 0 Å². The smallest absolute Gasteiger partial charge is 0.224 e. The first-order chi connectivity index (χ1) is 8.56. The lowest BCUT2D eigenvalue weighted by Gasteiger charge is -2.15. The molecule has 18 heavy (non-hydrogen) atoms. The Balaban J connectivity index is 2.55. The van der Waals surface area contributed by atoms with Gasteiger partial charge in [-0.25, -0.2) is 0 Å². The van der Waals surface area contributed by atoms with Gasteiger partial charge in [-0.2, -0.15) is 0 Å². The maximum atomic E-state index is 11.9. The van der Waals surface area contributed by atoms with Gasteiger partial charge in [0, 0.05) is 11.4 Å². The van der Waals surface area contributed by atoms with Crippen molar-refractivity contribution in [1.29, 1.82) is 0 Å². The van der Waals surface area contributed by atoms with Gasteiger partial charge >= 0.3 is 0 Å². The molecule has 0 saturated carbocycles. The van der Waals surface area contributed by atoms with Gasteiger partial charge in [-0.05, 0) is 30.5 Å². The molecule has 0 heterocycles. The zero-order valence-electron chi connectivity index (χ0n) is 10.2. The van der Waals surface area contributed by atoms with Gasteiger partial charge in [0.15, 0.2) is 0 Å². The number of carbonyl (C=O) groups excluding carboxylic acids is 1. The molecule has 0 saturated heterocycles. The second-order valence-electron chi connectivity index (χ2n) is 4.08. The Morgan fingerprint density at radius 2 is 2.11 bits per heavy atom. The van der Waals surface area contributed by atoms with Gasteiger partial charge in [-0.15, -0.1) is 0 Å². The molecule has 0 aromatic heterocycles. The highest BCUT2D eigenvalue weighted by molar-refractivity contribution is 9.09. The van der Waals surface area contributed by atoms with E-state index >= 15 is 0 Å². The summed E-state index contributed by atoms with van der Waals surface area (Å²) < 4.78 is 0. The van der Waals surface area contributed by atoms with Crippen LogP contribution in [-0.4, -0.2) is 17.3 Å². The molecule has 0 bridgehead atoms. The number of carbonyl (C=O) groups is 1. The predicted octanol–water partition coefficient (Wildman–Crippen LogP) is 4.22. The van der Waals surface area contributed by atoms with E-state index in [4.69, 9.17) is 23.2 Å². The van der Waals surface area contributed by atoms with E-state index in [1.165, 1.54) is 0 Å². The monoisotopic (exact) mass is 351 g/mol. The molecule has 0 fully saturated rings. The number of hydrogen-bond acceptors (Lipinski definition) is 1. The number of hydrogen-bond donors (Lipinski definition) is 1. The second-order valence-corrected chi connectivity index (χ2v) is 5.68. The highest BCUT2D eigenvalue weighted by Crippen LogP contribution is 2.22. The van der Waals surface area contributed by atoms with Crippen molar-refractivity contribution in [3.63, 3.8) is 0 Å². The fourth-order valence-corrected chi connectivity index (χ4v) is 2.50. The van der Waals surface area contributed by atoms with E-state index in [0.717, 1.165) is 23.7 Å². The highest BCUT2D eigenvalue weighted by Gasteiger charge is 2.10. The predicted molar refractivity (Wildman–Crippen MR) is 80.8 cm³/mol. The molecule has 0 aliphatic rings. The molecule has 0 radical (unpaired) electrons. The fourth-order valence-electron chi connectivity index (χ4n) is 1.62. The zero-order chi connectivity index (χ0) is 13.5. The summed E-state index contributed by atoms with van der Waals surface area (Å²) in [6.07, 6.45) is 2.19. The third kappa shape index (κ3) is 5.17. The largest absolute Gasteiger partial charge is 0.353 e. The Hall–Kier alpha value is -0.250. The van der Waals surface area contributed by atoms with E-state index in [-0.39, 0.29) is 11.9 Å². The van der Waals surface area contributed by atoms with E-state index in [9.17, 15) is 4.79 Å². The quantitative estimate of drug-likeness (QED) is 0.763. The number of nitrogens with one attached hydrogen (secondary N) is 1. The molecule has 100 valence electrons. The van der Waals surface area contributed by atoms with Crippen molar-refractivity contribution in [3.05, 3.63) is 33.8 Å². The maximum Gasteiger partial charge on any atom is 0.224 e. The lowest BCUT2D eigenvalue weighted by Crippen LogP contribution is -2.35. The van der Waals surface area contributed by atoms with Crippen molar-refractivity contribution < 1.29 is 4.79 Å². The third-order valence-corrected chi connectivity index (χ3v) is 3.86. The van der Waals surface area contributed by atoms with Gasteiger partial charge in [0.25, 0.3) is 0 Å². The van der Waals surface area contributed by atoms with Crippen molar-refractivity contribution in [2.45, 2.75) is 32.2 Å². The van der Waals surface area contributed by atoms with Crippen LogP contribution in [0.15, 0.2) is 18.2 Å². The number of alkyl halides is 1. The fraction of sp³-hybridized carbons (Fsp3) is 0.462. The lowest BCUT2D eigenvalue weighted by atomic mass is 10.1. The topological polar surface area (TPSA) is 29.1 Å². The van der Waals surface area contributed by atoms with Crippen LogP contribution >= 0.6 is 39.1 Å². The molecule has 0 aliphatic carbocycles. The minimum atomic E-state index is 0.0150. The Labute approximate surface area is 126 Å². The number of benzene rings is 1. The van der Waals surface area contributed by atoms with Crippen molar-refractivity contribution in [3.8, 4) is 0 Å². The summed E-state index contributed by atoms with van der Waals surface area (Å²) in [4.78, 5) is 11.9. The molecule has 2 nitrogen and oxygen atoms in total. The Bertz CT molecular complexity index is 412. The molecule has 1 N–H and O–H groups in total. The standard InChI is InChI=1S/C13H16BrCl2NO/c1-2-10(5-6-14)17-13(18)8-9-3-4-11(15)12(16)7-9/h3-4,7,10H,2,5-6,8H2,1H3,(H,17,18). The summed E-state index contributed by atoms with van der Waals surface area (Å²) in [6.45, 7) is 2.06. The van der Waals surface area contributed by atoms with Crippen molar-refractivity contribution in [1.82, 2.24) is 5.32 Å². The van der Waals surface area contributed by atoms with Gasteiger partial charge in [0.2, 0.25) is 5.91 Å².